The molecular weight excluding hydrogens is 388 g/mol. The topological polar surface area (TPSA) is 87.0 Å². The summed E-state index contributed by atoms with van der Waals surface area (Å²) in [5, 5.41) is 0.490. The van der Waals surface area contributed by atoms with Crippen LogP contribution in [0.3, 0.4) is 0 Å². The third-order valence-electron chi connectivity index (χ3n) is 5.60. The van der Waals surface area contributed by atoms with E-state index in [1.165, 1.54) is 4.90 Å². The molecule has 1 heterocycles. The van der Waals surface area contributed by atoms with Crippen molar-refractivity contribution in [2.45, 2.75) is 70.2 Å². The third kappa shape index (κ3) is 8.16. The summed E-state index contributed by atoms with van der Waals surface area (Å²) in [5.74, 6) is 0.0223. The van der Waals surface area contributed by atoms with Crippen molar-refractivity contribution in [3.8, 4) is 0 Å². The second kappa shape index (κ2) is 12.4. The largest absolute Gasteiger partial charge is 0.368 e. The maximum Gasteiger partial charge on any atom is 0.246 e. The Bertz CT molecular complexity index is 550. The molecule has 2 N–H and O–H groups in total. The van der Waals surface area contributed by atoms with Crippen LogP contribution in [0.5, 0.6) is 0 Å². The number of piperidine rings is 1. The number of nitrogens with two attached hydrogens (primary N) is 1. The highest BCUT2D eigenvalue weighted by molar-refractivity contribution is 8.00. The molecule has 0 unspecified atom stereocenters. The second-order valence-corrected chi connectivity index (χ2v) is 9.94. The first kappa shape index (κ1) is 25.8. The van der Waals surface area contributed by atoms with E-state index in [2.05, 4.69) is 11.9 Å². The lowest BCUT2D eigenvalue weighted by Gasteiger charge is -2.35. The molecule has 1 aliphatic rings. The summed E-state index contributed by atoms with van der Waals surface area (Å²) in [4.78, 5) is 43.2. The fraction of sp³-hybridized carbons (Fsp3) is 0.857. The molecule has 0 saturated carbocycles. The smallest absolute Gasteiger partial charge is 0.246 e. The van der Waals surface area contributed by atoms with E-state index >= 15 is 0 Å². The van der Waals surface area contributed by atoms with Gasteiger partial charge in [-0.05, 0) is 51.7 Å². The van der Waals surface area contributed by atoms with E-state index in [0.717, 1.165) is 32.4 Å². The number of rotatable bonds is 11. The Labute approximate surface area is 180 Å². The van der Waals surface area contributed by atoms with E-state index < -0.39 is 18.0 Å². The van der Waals surface area contributed by atoms with Crippen LogP contribution in [0.2, 0.25) is 0 Å². The van der Waals surface area contributed by atoms with Crippen LogP contribution in [0.15, 0.2) is 0 Å². The molecule has 0 radical (unpaired) electrons. The number of thioether (sulfide) groups is 1. The first-order valence-corrected chi connectivity index (χ1v) is 11.7. The fourth-order valence-electron chi connectivity index (χ4n) is 3.59. The summed E-state index contributed by atoms with van der Waals surface area (Å²) >= 11 is 1.77. The van der Waals surface area contributed by atoms with Crippen LogP contribution in [0, 0.1) is 5.92 Å². The Hall–Kier alpha value is -1.28. The number of likely N-dealkylation sites (N-methyl/N-ethyl adjacent to an activating group) is 2. The third-order valence-corrected chi connectivity index (χ3v) is 7.05. The Morgan fingerprint density at radius 1 is 1.10 bits per heavy atom. The van der Waals surface area contributed by atoms with Crippen molar-refractivity contribution in [1.82, 2.24) is 14.7 Å². The highest BCUT2D eigenvalue weighted by atomic mass is 32.2. The molecule has 0 spiro atoms. The summed E-state index contributed by atoms with van der Waals surface area (Å²) in [6.07, 6.45) is 3.83. The molecule has 7 nitrogen and oxygen atoms in total. The molecule has 0 aromatic rings. The molecule has 1 rings (SSSR count). The van der Waals surface area contributed by atoms with Gasteiger partial charge in [0, 0.05) is 31.5 Å². The minimum Gasteiger partial charge on any atom is -0.368 e. The number of carbonyl (C=O) groups is 3. The molecule has 29 heavy (non-hydrogen) atoms. The molecule has 1 saturated heterocycles. The van der Waals surface area contributed by atoms with Crippen molar-refractivity contribution >= 4 is 29.5 Å². The number of carbonyl (C=O) groups excluding carboxylic acids is 3. The molecule has 8 heteroatoms. The van der Waals surface area contributed by atoms with Crippen LogP contribution < -0.4 is 5.73 Å². The van der Waals surface area contributed by atoms with E-state index in [0.29, 0.717) is 23.8 Å². The van der Waals surface area contributed by atoms with Crippen LogP contribution in [-0.2, 0) is 14.4 Å². The Morgan fingerprint density at radius 2 is 1.69 bits per heavy atom. The summed E-state index contributed by atoms with van der Waals surface area (Å²) in [6.45, 7) is 8.06. The molecule has 0 bridgehead atoms. The number of likely N-dealkylation sites (tertiary alicyclic amines) is 1. The Morgan fingerprint density at radius 3 is 2.17 bits per heavy atom. The normalized spacial score (nSPS) is 17.8. The lowest BCUT2D eigenvalue weighted by atomic mass is 10.0. The predicted molar refractivity (Wildman–Crippen MR) is 120 cm³/mol. The molecular formula is C21H40N4O3S. The van der Waals surface area contributed by atoms with Gasteiger partial charge in [0.25, 0.3) is 0 Å². The number of hydrogen-bond acceptors (Lipinski definition) is 5. The Kier molecular flexibility index (Phi) is 11.0. The van der Waals surface area contributed by atoms with Crippen LogP contribution in [0.25, 0.3) is 0 Å². The van der Waals surface area contributed by atoms with Gasteiger partial charge in [0.15, 0.2) is 0 Å². The van der Waals surface area contributed by atoms with E-state index in [1.807, 2.05) is 20.8 Å². The van der Waals surface area contributed by atoms with Crippen LogP contribution in [-0.4, -0.2) is 89.7 Å². The van der Waals surface area contributed by atoms with Gasteiger partial charge in [0.2, 0.25) is 17.7 Å². The van der Waals surface area contributed by atoms with Gasteiger partial charge in [-0.25, -0.2) is 0 Å². The average Bonchev–Trinajstić information content (AvgIpc) is 2.66. The molecule has 0 aromatic carbocycles. The van der Waals surface area contributed by atoms with Crippen molar-refractivity contribution in [2.24, 2.45) is 11.7 Å². The van der Waals surface area contributed by atoms with Crippen molar-refractivity contribution in [3.63, 3.8) is 0 Å². The van der Waals surface area contributed by atoms with Crippen molar-refractivity contribution < 1.29 is 14.4 Å². The van der Waals surface area contributed by atoms with Crippen molar-refractivity contribution in [2.75, 3.05) is 40.0 Å². The number of amides is 3. The summed E-state index contributed by atoms with van der Waals surface area (Å²) in [7, 11) is 5.45. The van der Waals surface area contributed by atoms with Crippen LogP contribution in [0.1, 0.15) is 52.9 Å². The van der Waals surface area contributed by atoms with E-state index in [4.69, 9.17) is 5.73 Å². The number of hydrogen-bond donors (Lipinski definition) is 1. The van der Waals surface area contributed by atoms with Gasteiger partial charge in [-0.1, -0.05) is 20.8 Å². The fourth-order valence-corrected chi connectivity index (χ4v) is 4.96. The zero-order valence-corrected chi connectivity index (χ0v) is 19.8. The van der Waals surface area contributed by atoms with Gasteiger partial charge >= 0.3 is 0 Å². The molecule has 0 aromatic heterocycles. The molecule has 0 aliphatic carbocycles. The summed E-state index contributed by atoms with van der Waals surface area (Å²) < 4.78 is 0. The second-order valence-electron chi connectivity index (χ2n) is 8.60. The predicted octanol–water partition coefficient (Wildman–Crippen LogP) is 1.80. The quantitative estimate of drug-likeness (QED) is 0.542. The highest BCUT2D eigenvalue weighted by Gasteiger charge is 2.34. The number of primary amides is 1. The minimum atomic E-state index is -0.659. The summed E-state index contributed by atoms with van der Waals surface area (Å²) in [5.41, 5.74) is 5.59. The van der Waals surface area contributed by atoms with E-state index in [-0.39, 0.29) is 17.7 Å². The van der Waals surface area contributed by atoms with Crippen LogP contribution in [0.4, 0.5) is 0 Å². The van der Waals surface area contributed by atoms with Gasteiger partial charge in [0.05, 0.1) is 0 Å². The zero-order valence-electron chi connectivity index (χ0n) is 19.0. The van der Waals surface area contributed by atoms with Gasteiger partial charge in [-0.3, -0.25) is 14.4 Å². The highest BCUT2D eigenvalue weighted by Crippen LogP contribution is 2.25. The molecule has 168 valence electrons. The first-order valence-electron chi connectivity index (χ1n) is 10.7. The summed E-state index contributed by atoms with van der Waals surface area (Å²) in [6, 6.07) is -1.24. The molecule has 3 amide bonds. The van der Waals surface area contributed by atoms with E-state index in [1.54, 1.807) is 30.8 Å². The van der Waals surface area contributed by atoms with Crippen molar-refractivity contribution in [3.05, 3.63) is 0 Å². The van der Waals surface area contributed by atoms with Gasteiger partial charge < -0.3 is 20.4 Å². The van der Waals surface area contributed by atoms with Gasteiger partial charge in [-0.15, -0.1) is 0 Å². The lowest BCUT2D eigenvalue weighted by Crippen LogP contribution is -2.55. The maximum absolute atomic E-state index is 13.3. The molecule has 1 fully saturated rings. The standard InChI is InChI=1S/C21H40N4O3S/c1-7-8-19(26)24(5)18(14-29-16-9-11-23(4)12-10-16)21(28)25(6)17(20(22)27)13-15(2)3/h15-18H,7-14H2,1-6H3,(H2,22,27)/t17-,18+/m0/s1. The van der Waals surface area contributed by atoms with Gasteiger partial charge in [0.1, 0.15) is 12.1 Å². The zero-order chi connectivity index (χ0) is 22.1. The van der Waals surface area contributed by atoms with E-state index in [9.17, 15) is 14.4 Å². The van der Waals surface area contributed by atoms with Crippen molar-refractivity contribution in [1.29, 1.82) is 0 Å². The number of nitrogens with zero attached hydrogens (tertiary/aromatic N) is 3. The average molecular weight is 429 g/mol. The van der Waals surface area contributed by atoms with Gasteiger partial charge in [-0.2, -0.15) is 11.8 Å². The first-order chi connectivity index (χ1) is 13.6. The monoisotopic (exact) mass is 428 g/mol. The van der Waals surface area contributed by atoms with Crippen LogP contribution >= 0.6 is 11.8 Å². The molecule has 1 aliphatic heterocycles. The minimum absolute atomic E-state index is 0.0392. The lowest BCUT2D eigenvalue weighted by molar-refractivity contribution is -0.146. The Balaban J connectivity index is 2.93. The SMILES string of the molecule is CCCC(=O)N(C)[C@H](CSC1CCN(C)CC1)C(=O)N(C)[C@@H](CC(C)C)C(N)=O. The molecule has 2 atom stereocenters. The maximum atomic E-state index is 13.3.